The second kappa shape index (κ2) is 7.14. The molecule has 8 heteroatoms. The molecule has 4 heterocycles. The maximum Gasteiger partial charge on any atom is 0.251 e. The fraction of sp³-hybridized carbons (Fsp3) is 0.316. The number of aromatic nitrogens is 5. The van der Waals surface area contributed by atoms with Crippen LogP contribution in [0.15, 0.2) is 47.8 Å². The summed E-state index contributed by atoms with van der Waals surface area (Å²) in [4.78, 5) is 37.9. The molecule has 1 saturated heterocycles. The van der Waals surface area contributed by atoms with Crippen LogP contribution < -0.4 is 5.56 Å². The van der Waals surface area contributed by atoms with Gasteiger partial charge in [0.1, 0.15) is 12.4 Å². The summed E-state index contributed by atoms with van der Waals surface area (Å²) in [5.74, 6) is 0.663. The minimum atomic E-state index is -0.191. The Kier molecular flexibility index (Phi) is 4.53. The monoisotopic (exact) mass is 364 g/mol. The molecule has 0 aliphatic carbocycles. The number of aromatic amines is 1. The number of rotatable bonds is 4. The van der Waals surface area contributed by atoms with Crippen LogP contribution >= 0.6 is 0 Å². The van der Waals surface area contributed by atoms with Gasteiger partial charge in [-0.05, 0) is 31.0 Å². The van der Waals surface area contributed by atoms with E-state index in [1.807, 2.05) is 25.3 Å². The normalized spacial score (nSPS) is 16.6. The van der Waals surface area contributed by atoms with Gasteiger partial charge in [-0.3, -0.25) is 19.3 Å². The number of hydrogen-bond acceptors (Lipinski definition) is 5. The third kappa shape index (κ3) is 3.79. The number of nitrogens with zero attached hydrogens (tertiary/aromatic N) is 5. The summed E-state index contributed by atoms with van der Waals surface area (Å²) in [6.07, 6.45) is 7.70. The molecule has 138 valence electrons. The Hall–Kier alpha value is -3.29. The lowest BCUT2D eigenvalue weighted by molar-refractivity contribution is -0.131. The molecule has 1 fully saturated rings. The summed E-state index contributed by atoms with van der Waals surface area (Å²) in [6.45, 7) is 3.36. The van der Waals surface area contributed by atoms with Gasteiger partial charge in [-0.25, -0.2) is 4.98 Å². The maximum absolute atomic E-state index is 12.5. The molecular formula is C19H20N6O2. The molecule has 1 amide bonds. The van der Waals surface area contributed by atoms with Gasteiger partial charge in [-0.15, -0.1) is 0 Å². The van der Waals surface area contributed by atoms with Crippen LogP contribution in [0.25, 0.3) is 11.3 Å². The number of likely N-dealkylation sites (tertiary alicyclic amines) is 1. The van der Waals surface area contributed by atoms with Gasteiger partial charge in [0.25, 0.3) is 5.56 Å². The van der Waals surface area contributed by atoms with Crippen molar-refractivity contribution in [2.45, 2.75) is 25.8 Å². The third-order valence-electron chi connectivity index (χ3n) is 4.72. The molecule has 1 atom stereocenters. The highest BCUT2D eigenvalue weighted by Crippen LogP contribution is 2.25. The second-order valence-corrected chi connectivity index (χ2v) is 6.79. The Bertz CT molecular complexity index is 1010. The van der Waals surface area contributed by atoms with Crippen molar-refractivity contribution in [3.8, 4) is 11.3 Å². The summed E-state index contributed by atoms with van der Waals surface area (Å²) < 4.78 is 1.65. The van der Waals surface area contributed by atoms with Crippen molar-refractivity contribution in [3.63, 3.8) is 0 Å². The van der Waals surface area contributed by atoms with Crippen molar-refractivity contribution in [2.75, 3.05) is 13.1 Å². The Balaban J connectivity index is 1.49. The predicted octanol–water partition coefficient (Wildman–Crippen LogP) is 1.35. The van der Waals surface area contributed by atoms with Crippen molar-refractivity contribution >= 4 is 5.91 Å². The zero-order valence-electron chi connectivity index (χ0n) is 15.0. The standard InChI is InChI=1S/C19H20N6O2/c1-13-9-21-25(10-13)12-18(27)24-7-4-15(11-24)19-22-16(8-17(26)23-19)14-2-5-20-6-3-14/h2-3,5-6,8-10,15H,4,7,11-12H2,1H3,(H,22,23,26)/t15-/m1/s1. The second-order valence-electron chi connectivity index (χ2n) is 6.79. The van der Waals surface area contributed by atoms with Gasteiger partial charge in [-0.2, -0.15) is 5.10 Å². The number of amides is 1. The van der Waals surface area contributed by atoms with Crippen LogP contribution in [-0.2, 0) is 11.3 Å². The van der Waals surface area contributed by atoms with Crippen LogP contribution in [0.5, 0.6) is 0 Å². The summed E-state index contributed by atoms with van der Waals surface area (Å²) in [7, 11) is 0. The van der Waals surface area contributed by atoms with Gasteiger partial charge in [-0.1, -0.05) is 0 Å². The number of carbonyl (C=O) groups excluding carboxylic acids is 1. The van der Waals surface area contributed by atoms with Crippen molar-refractivity contribution in [1.82, 2.24) is 29.6 Å². The minimum absolute atomic E-state index is 0.0165. The smallest absolute Gasteiger partial charge is 0.251 e. The van der Waals surface area contributed by atoms with Crippen LogP contribution in [0, 0.1) is 6.92 Å². The molecule has 0 bridgehead atoms. The molecule has 0 unspecified atom stereocenters. The van der Waals surface area contributed by atoms with Crippen LogP contribution in [0.1, 0.15) is 23.7 Å². The van der Waals surface area contributed by atoms with Crippen LogP contribution in [0.4, 0.5) is 0 Å². The van der Waals surface area contributed by atoms with E-state index in [1.54, 1.807) is 28.2 Å². The van der Waals surface area contributed by atoms with Gasteiger partial charge in [0.2, 0.25) is 5.91 Å². The average molecular weight is 364 g/mol. The number of hydrogen-bond donors (Lipinski definition) is 1. The van der Waals surface area contributed by atoms with E-state index >= 15 is 0 Å². The molecular weight excluding hydrogens is 344 g/mol. The first-order valence-corrected chi connectivity index (χ1v) is 8.87. The molecule has 3 aromatic heterocycles. The number of nitrogens with one attached hydrogen (secondary N) is 1. The number of pyridine rings is 1. The van der Waals surface area contributed by atoms with E-state index in [-0.39, 0.29) is 23.9 Å². The van der Waals surface area contributed by atoms with Gasteiger partial charge < -0.3 is 9.88 Å². The Morgan fingerprint density at radius 1 is 1.33 bits per heavy atom. The highest BCUT2D eigenvalue weighted by Gasteiger charge is 2.29. The van der Waals surface area contributed by atoms with Crippen LogP contribution in [-0.4, -0.2) is 48.6 Å². The first-order chi connectivity index (χ1) is 13.1. The largest absolute Gasteiger partial charge is 0.340 e. The van der Waals surface area contributed by atoms with Gasteiger partial charge in [0.15, 0.2) is 0 Å². The first-order valence-electron chi connectivity index (χ1n) is 8.87. The Labute approximate surface area is 155 Å². The van der Waals surface area contributed by atoms with Gasteiger partial charge >= 0.3 is 0 Å². The maximum atomic E-state index is 12.5. The summed E-state index contributed by atoms with van der Waals surface area (Å²) in [6, 6.07) is 5.13. The van der Waals surface area contributed by atoms with E-state index < -0.39 is 0 Å². The molecule has 3 aromatic rings. The highest BCUT2D eigenvalue weighted by molar-refractivity contribution is 5.76. The number of aryl methyl sites for hydroxylation is 1. The average Bonchev–Trinajstić information content (AvgIpc) is 3.31. The lowest BCUT2D eigenvalue weighted by atomic mass is 10.1. The van der Waals surface area contributed by atoms with E-state index in [4.69, 9.17) is 0 Å². The Morgan fingerprint density at radius 2 is 2.15 bits per heavy atom. The first kappa shape index (κ1) is 17.1. The van der Waals surface area contributed by atoms with E-state index in [9.17, 15) is 9.59 Å². The van der Waals surface area contributed by atoms with Gasteiger partial charge in [0, 0.05) is 49.2 Å². The molecule has 1 aliphatic heterocycles. The molecule has 0 spiro atoms. The lowest BCUT2D eigenvalue weighted by Gasteiger charge is -2.16. The molecule has 0 radical (unpaired) electrons. The van der Waals surface area contributed by atoms with Crippen molar-refractivity contribution in [3.05, 3.63) is 64.7 Å². The zero-order chi connectivity index (χ0) is 18.8. The van der Waals surface area contributed by atoms with E-state index in [2.05, 4.69) is 20.1 Å². The minimum Gasteiger partial charge on any atom is -0.340 e. The van der Waals surface area contributed by atoms with E-state index in [1.165, 1.54) is 6.07 Å². The van der Waals surface area contributed by atoms with E-state index in [0.29, 0.717) is 24.6 Å². The van der Waals surface area contributed by atoms with E-state index in [0.717, 1.165) is 17.5 Å². The SMILES string of the molecule is Cc1cnn(CC(=O)N2CC[C@@H](c3nc(-c4ccncc4)cc(=O)[nH]3)C2)c1. The molecule has 1 aliphatic rings. The molecule has 0 saturated carbocycles. The molecule has 1 N–H and O–H groups in total. The molecule has 8 nitrogen and oxygen atoms in total. The Morgan fingerprint density at radius 3 is 2.89 bits per heavy atom. The predicted molar refractivity (Wildman–Crippen MR) is 99.0 cm³/mol. The van der Waals surface area contributed by atoms with Crippen molar-refractivity contribution in [2.24, 2.45) is 0 Å². The molecule has 27 heavy (non-hydrogen) atoms. The fourth-order valence-corrected chi connectivity index (χ4v) is 3.34. The van der Waals surface area contributed by atoms with Crippen LogP contribution in [0.2, 0.25) is 0 Å². The summed E-state index contributed by atoms with van der Waals surface area (Å²) in [5.41, 5.74) is 2.30. The third-order valence-corrected chi connectivity index (χ3v) is 4.72. The lowest BCUT2D eigenvalue weighted by Crippen LogP contribution is -2.32. The topological polar surface area (TPSA) is 96.8 Å². The molecule has 0 aromatic carbocycles. The van der Waals surface area contributed by atoms with Crippen molar-refractivity contribution < 1.29 is 4.79 Å². The zero-order valence-corrected chi connectivity index (χ0v) is 15.0. The number of H-pyrrole nitrogens is 1. The van der Waals surface area contributed by atoms with Crippen molar-refractivity contribution in [1.29, 1.82) is 0 Å². The number of carbonyl (C=O) groups is 1. The van der Waals surface area contributed by atoms with Crippen LogP contribution in [0.3, 0.4) is 0 Å². The quantitative estimate of drug-likeness (QED) is 0.754. The summed E-state index contributed by atoms with van der Waals surface area (Å²) in [5, 5.41) is 4.17. The highest BCUT2D eigenvalue weighted by atomic mass is 16.2. The molecule has 4 rings (SSSR count). The fourth-order valence-electron chi connectivity index (χ4n) is 3.34. The van der Waals surface area contributed by atoms with Gasteiger partial charge in [0.05, 0.1) is 11.9 Å². The summed E-state index contributed by atoms with van der Waals surface area (Å²) >= 11 is 0.